The van der Waals surface area contributed by atoms with Gasteiger partial charge in [-0.2, -0.15) is 0 Å². The highest BCUT2D eigenvalue weighted by molar-refractivity contribution is 5.83. The van der Waals surface area contributed by atoms with E-state index in [1.54, 1.807) is 13.8 Å². The third-order valence-corrected chi connectivity index (χ3v) is 1.93. The molecule has 0 aromatic carbocycles. The molecular weight excluding hydrogens is 240 g/mol. The van der Waals surface area contributed by atoms with Crippen molar-refractivity contribution in [3.05, 3.63) is 23.7 Å². The van der Waals surface area contributed by atoms with E-state index in [4.69, 9.17) is 18.9 Å². The van der Waals surface area contributed by atoms with Crippen molar-refractivity contribution in [3.63, 3.8) is 0 Å². The SMILES string of the molecule is CCOC(=O)/C=C1/CO/C(=C\C(=O)OCC)CO1. The lowest BCUT2D eigenvalue weighted by molar-refractivity contribution is -0.138. The third-order valence-electron chi connectivity index (χ3n) is 1.93. The molecule has 6 heteroatoms. The Kier molecular flexibility index (Phi) is 5.76. The number of carbonyl (C=O) groups excluding carboxylic acids is 2. The maximum Gasteiger partial charge on any atom is 0.334 e. The normalized spacial score (nSPS) is 19.0. The fourth-order valence-corrected chi connectivity index (χ4v) is 1.21. The van der Waals surface area contributed by atoms with Crippen molar-refractivity contribution in [1.82, 2.24) is 0 Å². The van der Waals surface area contributed by atoms with Crippen molar-refractivity contribution >= 4 is 11.9 Å². The molecule has 1 aliphatic heterocycles. The zero-order chi connectivity index (χ0) is 13.4. The molecule has 0 aromatic heterocycles. The number of hydrogen-bond donors (Lipinski definition) is 0. The topological polar surface area (TPSA) is 71.1 Å². The summed E-state index contributed by atoms with van der Waals surface area (Å²) in [5.74, 6) is -0.216. The second-order valence-electron chi connectivity index (χ2n) is 3.30. The lowest BCUT2D eigenvalue weighted by Gasteiger charge is -2.19. The number of rotatable bonds is 4. The van der Waals surface area contributed by atoms with Crippen molar-refractivity contribution in [2.75, 3.05) is 26.4 Å². The van der Waals surface area contributed by atoms with Gasteiger partial charge in [0.2, 0.25) is 0 Å². The second kappa shape index (κ2) is 7.37. The van der Waals surface area contributed by atoms with Crippen LogP contribution in [0.1, 0.15) is 13.8 Å². The average Bonchev–Trinajstić information content (AvgIpc) is 2.32. The zero-order valence-electron chi connectivity index (χ0n) is 10.4. The van der Waals surface area contributed by atoms with E-state index in [0.29, 0.717) is 24.7 Å². The van der Waals surface area contributed by atoms with E-state index in [9.17, 15) is 9.59 Å². The Hall–Kier alpha value is -1.98. The molecule has 1 heterocycles. The molecular formula is C12H16O6. The summed E-state index contributed by atoms with van der Waals surface area (Å²) in [6.07, 6.45) is 2.45. The molecule has 0 bridgehead atoms. The molecule has 1 fully saturated rings. The van der Waals surface area contributed by atoms with Crippen molar-refractivity contribution in [3.8, 4) is 0 Å². The van der Waals surface area contributed by atoms with Crippen LogP contribution < -0.4 is 0 Å². The van der Waals surface area contributed by atoms with E-state index in [-0.39, 0.29) is 13.2 Å². The molecule has 1 aliphatic rings. The van der Waals surface area contributed by atoms with Crippen LogP contribution in [0.15, 0.2) is 23.7 Å². The molecule has 0 unspecified atom stereocenters. The Morgan fingerprint density at radius 3 is 1.67 bits per heavy atom. The first-order valence-corrected chi connectivity index (χ1v) is 5.66. The standard InChI is InChI=1S/C12H16O6/c1-3-15-11(13)5-9-7-18-10(8-17-9)6-12(14)16-4-2/h5-6H,3-4,7-8H2,1-2H3/b9-5-,10-6-. The van der Waals surface area contributed by atoms with Crippen LogP contribution in [-0.4, -0.2) is 38.4 Å². The summed E-state index contributed by atoms with van der Waals surface area (Å²) >= 11 is 0. The Labute approximate surface area is 105 Å². The maximum absolute atomic E-state index is 11.1. The highest BCUT2D eigenvalue weighted by Gasteiger charge is 2.15. The Morgan fingerprint density at radius 1 is 1.00 bits per heavy atom. The number of esters is 2. The van der Waals surface area contributed by atoms with Gasteiger partial charge >= 0.3 is 11.9 Å². The number of hydrogen-bond acceptors (Lipinski definition) is 6. The highest BCUT2D eigenvalue weighted by Crippen LogP contribution is 2.13. The summed E-state index contributed by atoms with van der Waals surface area (Å²) in [6, 6.07) is 0. The van der Waals surface area contributed by atoms with Crippen LogP contribution >= 0.6 is 0 Å². The lowest BCUT2D eigenvalue weighted by atomic mass is 10.4. The molecule has 6 nitrogen and oxygen atoms in total. The minimum atomic E-state index is -0.478. The molecule has 1 rings (SSSR count). The number of carbonyl (C=O) groups is 2. The molecule has 0 N–H and O–H groups in total. The fraction of sp³-hybridized carbons (Fsp3) is 0.500. The van der Waals surface area contributed by atoms with Gasteiger partial charge in [-0.25, -0.2) is 9.59 Å². The van der Waals surface area contributed by atoms with E-state index < -0.39 is 11.9 Å². The summed E-state index contributed by atoms with van der Waals surface area (Å²) in [5.41, 5.74) is 0. The smallest absolute Gasteiger partial charge is 0.334 e. The summed E-state index contributed by atoms with van der Waals surface area (Å²) in [7, 11) is 0. The molecule has 0 amide bonds. The van der Waals surface area contributed by atoms with Crippen LogP contribution in [0.25, 0.3) is 0 Å². The molecule has 1 saturated heterocycles. The van der Waals surface area contributed by atoms with Gasteiger partial charge in [0.15, 0.2) is 0 Å². The summed E-state index contributed by atoms with van der Waals surface area (Å²) in [6.45, 7) is 4.21. The first-order chi connectivity index (χ1) is 8.65. The fourth-order valence-electron chi connectivity index (χ4n) is 1.21. The van der Waals surface area contributed by atoms with Gasteiger partial charge in [0.25, 0.3) is 0 Å². The highest BCUT2D eigenvalue weighted by atomic mass is 16.6. The van der Waals surface area contributed by atoms with Gasteiger partial charge in [0.1, 0.15) is 24.7 Å². The largest absolute Gasteiger partial charge is 0.486 e. The minimum absolute atomic E-state index is 0.0874. The Morgan fingerprint density at radius 2 is 1.39 bits per heavy atom. The molecule has 0 aromatic rings. The van der Waals surface area contributed by atoms with Gasteiger partial charge in [-0.3, -0.25) is 0 Å². The Balaban J connectivity index is 2.45. The van der Waals surface area contributed by atoms with Crippen molar-refractivity contribution in [2.24, 2.45) is 0 Å². The van der Waals surface area contributed by atoms with Gasteiger partial charge in [0.05, 0.1) is 25.4 Å². The van der Waals surface area contributed by atoms with Crippen LogP contribution in [0.4, 0.5) is 0 Å². The van der Waals surface area contributed by atoms with Gasteiger partial charge in [-0.05, 0) is 13.8 Å². The van der Waals surface area contributed by atoms with E-state index >= 15 is 0 Å². The predicted molar refractivity (Wildman–Crippen MR) is 61.3 cm³/mol. The van der Waals surface area contributed by atoms with E-state index in [0.717, 1.165) is 0 Å². The van der Waals surface area contributed by atoms with Crippen LogP contribution in [0.2, 0.25) is 0 Å². The quantitative estimate of drug-likeness (QED) is 0.550. The summed E-state index contributed by atoms with van der Waals surface area (Å²) < 4.78 is 19.9. The third kappa shape index (κ3) is 4.90. The average molecular weight is 256 g/mol. The summed E-state index contributed by atoms with van der Waals surface area (Å²) in [5, 5.41) is 0. The first kappa shape index (κ1) is 14.1. The Bertz CT molecular complexity index is 321. The van der Waals surface area contributed by atoms with Gasteiger partial charge < -0.3 is 18.9 Å². The second-order valence-corrected chi connectivity index (χ2v) is 3.30. The van der Waals surface area contributed by atoms with Crippen molar-refractivity contribution in [1.29, 1.82) is 0 Å². The van der Waals surface area contributed by atoms with E-state index in [2.05, 4.69) is 0 Å². The lowest BCUT2D eigenvalue weighted by Crippen LogP contribution is -2.17. The molecule has 100 valence electrons. The molecule has 0 radical (unpaired) electrons. The van der Waals surface area contributed by atoms with E-state index in [1.165, 1.54) is 12.2 Å². The molecule has 0 saturated carbocycles. The first-order valence-electron chi connectivity index (χ1n) is 5.66. The van der Waals surface area contributed by atoms with Gasteiger partial charge in [0, 0.05) is 0 Å². The number of ether oxygens (including phenoxy) is 4. The maximum atomic E-state index is 11.1. The van der Waals surface area contributed by atoms with Crippen LogP contribution in [0.5, 0.6) is 0 Å². The van der Waals surface area contributed by atoms with Gasteiger partial charge in [-0.1, -0.05) is 0 Å². The molecule has 18 heavy (non-hydrogen) atoms. The van der Waals surface area contributed by atoms with Gasteiger partial charge in [-0.15, -0.1) is 0 Å². The van der Waals surface area contributed by atoms with Crippen LogP contribution in [-0.2, 0) is 28.5 Å². The van der Waals surface area contributed by atoms with Crippen molar-refractivity contribution in [2.45, 2.75) is 13.8 Å². The molecule has 0 aliphatic carbocycles. The molecule has 0 atom stereocenters. The van der Waals surface area contributed by atoms with Crippen molar-refractivity contribution < 1.29 is 28.5 Å². The van der Waals surface area contributed by atoms with Crippen LogP contribution in [0, 0.1) is 0 Å². The minimum Gasteiger partial charge on any atom is -0.486 e. The molecule has 0 spiro atoms. The summed E-state index contributed by atoms with van der Waals surface area (Å²) in [4.78, 5) is 22.3. The van der Waals surface area contributed by atoms with E-state index in [1.807, 2.05) is 0 Å². The van der Waals surface area contributed by atoms with Crippen LogP contribution in [0.3, 0.4) is 0 Å². The zero-order valence-corrected chi connectivity index (χ0v) is 10.4. The predicted octanol–water partition coefficient (Wildman–Crippen LogP) is 0.927. The monoisotopic (exact) mass is 256 g/mol.